The van der Waals surface area contributed by atoms with Crippen molar-refractivity contribution in [3.63, 3.8) is 0 Å². The van der Waals surface area contributed by atoms with Gasteiger partial charge in [0.1, 0.15) is 5.82 Å². The molecule has 0 saturated heterocycles. The normalized spacial score (nSPS) is 11.7. The van der Waals surface area contributed by atoms with Crippen LogP contribution >= 0.6 is 0 Å². The van der Waals surface area contributed by atoms with E-state index >= 15 is 0 Å². The molecule has 0 spiro atoms. The molecule has 1 aromatic heterocycles. The van der Waals surface area contributed by atoms with Crippen LogP contribution in [0.3, 0.4) is 0 Å². The molecule has 0 saturated carbocycles. The molecule has 0 bridgehead atoms. The molecule has 0 aliphatic carbocycles. The van der Waals surface area contributed by atoms with Gasteiger partial charge in [-0.3, -0.25) is 9.59 Å². The van der Waals surface area contributed by atoms with Gasteiger partial charge in [-0.05, 0) is 42.5 Å². The van der Waals surface area contributed by atoms with Crippen molar-refractivity contribution in [2.24, 2.45) is 7.05 Å². The zero-order chi connectivity index (χ0) is 24.9. The Kier molecular flexibility index (Phi) is 8.06. The van der Waals surface area contributed by atoms with Gasteiger partial charge in [-0.25, -0.2) is 13.4 Å². The number of sulfonamides is 1. The third kappa shape index (κ3) is 5.63. The van der Waals surface area contributed by atoms with Gasteiger partial charge in [0, 0.05) is 50.8 Å². The van der Waals surface area contributed by atoms with E-state index in [-0.39, 0.29) is 23.1 Å². The van der Waals surface area contributed by atoms with E-state index in [0.717, 1.165) is 5.52 Å². The molecule has 2 amide bonds. The third-order valence-corrected chi connectivity index (χ3v) is 7.68. The quantitative estimate of drug-likeness (QED) is 0.456. The number of amides is 2. The summed E-state index contributed by atoms with van der Waals surface area (Å²) < 4.78 is 28.9. The van der Waals surface area contributed by atoms with E-state index in [1.165, 1.54) is 4.31 Å². The van der Waals surface area contributed by atoms with E-state index in [9.17, 15) is 18.0 Å². The first-order chi connectivity index (χ1) is 16.2. The molecule has 182 valence electrons. The molecule has 0 unspecified atom stereocenters. The first kappa shape index (κ1) is 25.4. The first-order valence-corrected chi connectivity index (χ1v) is 12.8. The molecule has 0 radical (unpaired) electrons. The van der Waals surface area contributed by atoms with Crippen LogP contribution in [0.2, 0.25) is 0 Å². The Morgan fingerprint density at radius 3 is 2.09 bits per heavy atom. The lowest BCUT2D eigenvalue weighted by atomic mass is 10.2. The minimum absolute atomic E-state index is 0.0722. The number of aryl methyl sites for hydroxylation is 2. The maximum atomic E-state index is 12.8. The van der Waals surface area contributed by atoms with Gasteiger partial charge in [0.25, 0.3) is 0 Å². The van der Waals surface area contributed by atoms with Crippen LogP contribution in [0.25, 0.3) is 11.0 Å². The van der Waals surface area contributed by atoms with Gasteiger partial charge in [-0.15, -0.1) is 0 Å². The highest BCUT2D eigenvalue weighted by Gasteiger charge is 2.22. The summed E-state index contributed by atoms with van der Waals surface area (Å²) in [5, 5.41) is 5.60. The highest BCUT2D eigenvalue weighted by atomic mass is 32.2. The van der Waals surface area contributed by atoms with Gasteiger partial charge in [0.2, 0.25) is 21.8 Å². The fourth-order valence-corrected chi connectivity index (χ4v) is 5.14. The molecule has 0 aliphatic rings. The second kappa shape index (κ2) is 10.8. The first-order valence-electron chi connectivity index (χ1n) is 11.3. The molecular formula is C24H31N5O4S. The Hall–Kier alpha value is -3.24. The van der Waals surface area contributed by atoms with Crippen LogP contribution in [0.5, 0.6) is 0 Å². The van der Waals surface area contributed by atoms with Crippen LogP contribution in [0, 0.1) is 0 Å². The number of nitrogens with one attached hydrogen (secondary N) is 2. The van der Waals surface area contributed by atoms with E-state index < -0.39 is 10.0 Å². The van der Waals surface area contributed by atoms with Crippen LogP contribution in [0.4, 0.5) is 11.4 Å². The highest BCUT2D eigenvalue weighted by Crippen LogP contribution is 2.23. The second-order valence-electron chi connectivity index (χ2n) is 7.85. The van der Waals surface area contributed by atoms with E-state index in [0.29, 0.717) is 48.6 Å². The molecule has 34 heavy (non-hydrogen) atoms. The maximum Gasteiger partial charge on any atom is 0.243 e. The number of hydrogen-bond donors (Lipinski definition) is 2. The van der Waals surface area contributed by atoms with Gasteiger partial charge in [-0.1, -0.05) is 20.8 Å². The molecule has 3 rings (SSSR count). The summed E-state index contributed by atoms with van der Waals surface area (Å²) in [7, 11) is -1.72. The maximum absolute atomic E-state index is 12.8. The van der Waals surface area contributed by atoms with Gasteiger partial charge >= 0.3 is 0 Å². The molecule has 0 fully saturated rings. The van der Waals surface area contributed by atoms with Crippen LogP contribution in [-0.4, -0.2) is 47.2 Å². The van der Waals surface area contributed by atoms with Crippen LogP contribution in [0.1, 0.15) is 39.4 Å². The summed E-state index contributed by atoms with van der Waals surface area (Å²) in [5.74, 6) is 0.458. The molecule has 2 aromatic carbocycles. The zero-order valence-corrected chi connectivity index (χ0v) is 20.8. The van der Waals surface area contributed by atoms with Crippen molar-refractivity contribution in [3.05, 3.63) is 48.3 Å². The number of hydrogen-bond acceptors (Lipinski definition) is 5. The predicted octanol–water partition coefficient (Wildman–Crippen LogP) is 3.52. The van der Waals surface area contributed by atoms with Crippen molar-refractivity contribution in [1.29, 1.82) is 0 Å². The second-order valence-corrected chi connectivity index (χ2v) is 9.79. The summed E-state index contributed by atoms with van der Waals surface area (Å²) in [4.78, 5) is 28.7. The molecule has 10 heteroatoms. The minimum Gasteiger partial charge on any atom is -0.331 e. The number of carbonyl (C=O) groups excluding carboxylic acids is 2. The summed E-state index contributed by atoms with van der Waals surface area (Å²) >= 11 is 0. The Labute approximate surface area is 200 Å². The highest BCUT2D eigenvalue weighted by molar-refractivity contribution is 7.89. The summed E-state index contributed by atoms with van der Waals surface area (Å²) in [5.41, 5.74) is 2.69. The lowest BCUT2D eigenvalue weighted by Crippen LogP contribution is -2.30. The smallest absolute Gasteiger partial charge is 0.243 e. The number of benzene rings is 2. The standard InChI is InChI=1S/C24H31N5O4S/c1-5-23(30)25-17-8-10-18(11-9-17)26-24(31)15-14-22-27-20-16-19(12-13-21(20)28(22)4)34(32,33)29(6-2)7-3/h8-13,16H,5-7,14-15H2,1-4H3,(H,25,30)(H,26,31). The number of imidazole rings is 1. The Morgan fingerprint density at radius 2 is 1.53 bits per heavy atom. The summed E-state index contributed by atoms with van der Waals surface area (Å²) in [6.45, 7) is 6.19. The van der Waals surface area contributed by atoms with Crippen LogP contribution in [-0.2, 0) is 33.1 Å². The molecule has 0 aliphatic heterocycles. The third-order valence-electron chi connectivity index (χ3n) is 5.64. The fourth-order valence-electron chi connectivity index (χ4n) is 3.66. The van der Waals surface area contributed by atoms with Crippen LogP contribution < -0.4 is 10.6 Å². The fraction of sp³-hybridized carbons (Fsp3) is 0.375. The number of rotatable bonds is 10. The molecule has 2 N–H and O–H groups in total. The number of carbonyl (C=O) groups is 2. The Balaban J connectivity index is 1.67. The minimum atomic E-state index is -3.57. The molecule has 9 nitrogen and oxygen atoms in total. The Morgan fingerprint density at radius 1 is 0.941 bits per heavy atom. The summed E-state index contributed by atoms with van der Waals surface area (Å²) in [6.07, 6.45) is 1.02. The molecule has 0 atom stereocenters. The van der Waals surface area contributed by atoms with Gasteiger partial charge < -0.3 is 15.2 Å². The van der Waals surface area contributed by atoms with Crippen molar-refractivity contribution in [2.75, 3.05) is 23.7 Å². The lowest BCUT2D eigenvalue weighted by molar-refractivity contribution is -0.116. The lowest BCUT2D eigenvalue weighted by Gasteiger charge is -2.18. The number of nitrogens with zero attached hydrogens (tertiary/aromatic N) is 3. The van der Waals surface area contributed by atoms with Crippen molar-refractivity contribution < 1.29 is 18.0 Å². The van der Waals surface area contributed by atoms with E-state index in [1.54, 1.807) is 49.4 Å². The molecule has 1 heterocycles. The average Bonchev–Trinajstić information content (AvgIpc) is 3.14. The van der Waals surface area contributed by atoms with E-state index in [4.69, 9.17) is 0 Å². The van der Waals surface area contributed by atoms with Crippen molar-refractivity contribution in [2.45, 2.75) is 44.9 Å². The van der Waals surface area contributed by atoms with Crippen molar-refractivity contribution in [1.82, 2.24) is 13.9 Å². The largest absolute Gasteiger partial charge is 0.331 e. The zero-order valence-electron chi connectivity index (χ0n) is 20.0. The topological polar surface area (TPSA) is 113 Å². The SMILES string of the molecule is CCC(=O)Nc1ccc(NC(=O)CCc2nc3cc(S(=O)(=O)N(CC)CC)ccc3n2C)cc1. The monoisotopic (exact) mass is 485 g/mol. The van der Waals surface area contributed by atoms with E-state index in [1.807, 2.05) is 25.5 Å². The average molecular weight is 486 g/mol. The van der Waals surface area contributed by atoms with Crippen LogP contribution in [0.15, 0.2) is 47.4 Å². The number of aromatic nitrogens is 2. The molecular weight excluding hydrogens is 454 g/mol. The number of anilines is 2. The van der Waals surface area contributed by atoms with Gasteiger partial charge in [0.05, 0.1) is 15.9 Å². The van der Waals surface area contributed by atoms with Crippen molar-refractivity contribution in [3.8, 4) is 0 Å². The molecule has 3 aromatic rings. The Bertz CT molecular complexity index is 1280. The van der Waals surface area contributed by atoms with Crippen molar-refractivity contribution >= 4 is 44.2 Å². The summed E-state index contributed by atoms with van der Waals surface area (Å²) in [6, 6.07) is 11.9. The van der Waals surface area contributed by atoms with E-state index in [2.05, 4.69) is 15.6 Å². The van der Waals surface area contributed by atoms with Gasteiger partial charge in [-0.2, -0.15) is 4.31 Å². The predicted molar refractivity (Wildman–Crippen MR) is 133 cm³/mol. The number of fused-ring (bicyclic) bond motifs is 1. The van der Waals surface area contributed by atoms with Gasteiger partial charge in [0.15, 0.2) is 0 Å².